The Kier molecular flexibility index (Phi) is 3.89. The van der Waals surface area contributed by atoms with Gasteiger partial charge in [0.2, 0.25) is 0 Å². The third-order valence-electron chi connectivity index (χ3n) is 3.66. The van der Waals surface area contributed by atoms with Crippen molar-refractivity contribution in [2.24, 2.45) is 0 Å². The molecule has 1 aliphatic rings. The maximum Gasteiger partial charge on any atom is 0.153 e. The van der Waals surface area contributed by atoms with E-state index in [0.29, 0.717) is 36.9 Å². The van der Waals surface area contributed by atoms with Crippen LogP contribution in [0.5, 0.6) is 0 Å². The molecule has 1 aromatic carbocycles. The Balaban J connectivity index is 2.17. The fraction of sp³-hybridized carbons (Fsp3) is 0.500. The van der Waals surface area contributed by atoms with Gasteiger partial charge in [0.25, 0.3) is 0 Å². The third-order valence-corrected chi connectivity index (χ3v) is 3.85. The van der Waals surface area contributed by atoms with Crippen molar-refractivity contribution >= 4 is 22.6 Å². The van der Waals surface area contributed by atoms with Gasteiger partial charge in [-0.15, -0.1) is 11.6 Å². The first-order valence-corrected chi connectivity index (χ1v) is 7.23. The number of imidazole rings is 1. The van der Waals surface area contributed by atoms with Crippen LogP contribution in [0.3, 0.4) is 0 Å². The van der Waals surface area contributed by atoms with Crippen LogP contribution < -0.4 is 0 Å². The van der Waals surface area contributed by atoms with E-state index in [1.54, 1.807) is 0 Å². The number of nitrogens with zero attached hydrogens (tertiary/aromatic N) is 2. The highest BCUT2D eigenvalue weighted by molar-refractivity contribution is 6.17. The lowest BCUT2D eigenvalue weighted by atomic mass is 10.1. The monoisotopic (exact) mass is 300 g/mol. The van der Waals surface area contributed by atoms with Crippen molar-refractivity contribution in [2.75, 3.05) is 19.1 Å². The molecule has 3 nitrogen and oxygen atoms in total. The highest BCUT2D eigenvalue weighted by Crippen LogP contribution is 2.30. The van der Waals surface area contributed by atoms with Gasteiger partial charge in [-0.3, -0.25) is 0 Å². The lowest BCUT2D eigenvalue weighted by Crippen LogP contribution is -2.21. The molecular weight excluding hydrogens is 286 g/mol. The molecule has 1 aromatic heterocycles. The molecule has 1 aliphatic heterocycles. The molecule has 0 N–H and O–H groups in total. The second-order valence-electron chi connectivity index (χ2n) is 4.94. The molecule has 0 amide bonds. The molecule has 1 fully saturated rings. The topological polar surface area (TPSA) is 27.1 Å². The molecule has 0 spiro atoms. The minimum atomic E-state index is -0.623. The molecule has 0 aliphatic carbocycles. The lowest BCUT2D eigenvalue weighted by molar-refractivity contribution is 0.0699. The van der Waals surface area contributed by atoms with Crippen molar-refractivity contribution in [3.8, 4) is 0 Å². The van der Waals surface area contributed by atoms with E-state index in [4.69, 9.17) is 16.3 Å². The van der Waals surface area contributed by atoms with E-state index >= 15 is 0 Å². The van der Waals surface area contributed by atoms with E-state index in [2.05, 4.69) is 4.98 Å². The van der Waals surface area contributed by atoms with Crippen LogP contribution in [0.15, 0.2) is 12.1 Å². The number of benzene rings is 1. The van der Waals surface area contributed by atoms with Crippen LogP contribution in [0, 0.1) is 11.6 Å². The number of ether oxygens (including phenoxy) is 1. The molecule has 0 atom stereocenters. The van der Waals surface area contributed by atoms with Crippen LogP contribution in [0.25, 0.3) is 11.0 Å². The van der Waals surface area contributed by atoms with E-state index in [1.807, 2.05) is 4.57 Å². The van der Waals surface area contributed by atoms with Crippen molar-refractivity contribution in [1.29, 1.82) is 0 Å². The maximum atomic E-state index is 13.9. The largest absolute Gasteiger partial charge is 0.381 e. The first-order chi connectivity index (χ1) is 9.70. The van der Waals surface area contributed by atoms with E-state index in [9.17, 15) is 8.78 Å². The fourth-order valence-electron chi connectivity index (χ4n) is 2.78. The molecule has 2 heterocycles. The van der Waals surface area contributed by atoms with E-state index in [1.165, 1.54) is 6.07 Å². The van der Waals surface area contributed by atoms with Crippen LogP contribution >= 0.6 is 11.6 Å². The fourth-order valence-corrected chi connectivity index (χ4v) is 2.95. The van der Waals surface area contributed by atoms with Gasteiger partial charge < -0.3 is 9.30 Å². The van der Waals surface area contributed by atoms with Crippen LogP contribution in [-0.4, -0.2) is 28.6 Å². The minimum Gasteiger partial charge on any atom is -0.381 e. The summed E-state index contributed by atoms with van der Waals surface area (Å²) in [5.74, 6) is -0.0925. The smallest absolute Gasteiger partial charge is 0.153 e. The van der Waals surface area contributed by atoms with Crippen molar-refractivity contribution < 1.29 is 13.5 Å². The number of rotatable bonds is 3. The first-order valence-electron chi connectivity index (χ1n) is 6.70. The molecule has 0 radical (unpaired) electrons. The zero-order valence-electron chi connectivity index (χ0n) is 10.9. The summed E-state index contributed by atoms with van der Waals surface area (Å²) < 4.78 is 34.7. The lowest BCUT2D eigenvalue weighted by Gasteiger charge is -2.25. The highest BCUT2D eigenvalue weighted by atomic mass is 35.5. The second-order valence-corrected chi connectivity index (χ2v) is 5.31. The van der Waals surface area contributed by atoms with Crippen LogP contribution in [0.1, 0.15) is 24.7 Å². The number of aromatic nitrogens is 2. The third kappa shape index (κ3) is 2.40. The Morgan fingerprint density at radius 2 is 2.05 bits per heavy atom. The molecule has 108 valence electrons. The van der Waals surface area contributed by atoms with Gasteiger partial charge >= 0.3 is 0 Å². The molecule has 0 saturated carbocycles. The summed E-state index contributed by atoms with van der Waals surface area (Å²) in [4.78, 5) is 4.31. The van der Waals surface area contributed by atoms with Gasteiger partial charge in [0.1, 0.15) is 17.2 Å². The summed E-state index contributed by atoms with van der Waals surface area (Å²) in [6, 6.07) is 2.38. The summed E-state index contributed by atoms with van der Waals surface area (Å²) in [7, 11) is 0. The Morgan fingerprint density at radius 3 is 2.75 bits per heavy atom. The summed E-state index contributed by atoms with van der Waals surface area (Å²) in [6.45, 7) is 1.31. The van der Waals surface area contributed by atoms with Gasteiger partial charge in [0, 0.05) is 37.6 Å². The second kappa shape index (κ2) is 5.66. The minimum absolute atomic E-state index is 0.160. The molecule has 3 rings (SSSR count). The standard InChI is InChI=1S/C14H15ClF2N2O/c15-4-1-13-18-14-11(17)7-9(16)8-12(14)19(13)10-2-5-20-6-3-10/h7-8,10H,1-6H2. The molecule has 0 unspecified atom stereocenters. The van der Waals surface area contributed by atoms with E-state index < -0.39 is 11.6 Å². The number of alkyl halides is 1. The molecular formula is C14H15ClF2N2O. The Bertz CT molecular complexity index is 623. The van der Waals surface area contributed by atoms with E-state index in [-0.39, 0.29) is 11.6 Å². The summed E-state index contributed by atoms with van der Waals surface area (Å²) in [6.07, 6.45) is 2.17. The summed E-state index contributed by atoms with van der Waals surface area (Å²) in [5, 5.41) is 0. The molecule has 0 bridgehead atoms. The van der Waals surface area contributed by atoms with Gasteiger partial charge in [-0.1, -0.05) is 0 Å². The van der Waals surface area contributed by atoms with Gasteiger partial charge in [0.05, 0.1) is 5.52 Å². The normalized spacial score (nSPS) is 16.9. The van der Waals surface area contributed by atoms with Gasteiger partial charge in [-0.2, -0.15) is 0 Å². The molecule has 1 saturated heterocycles. The summed E-state index contributed by atoms with van der Waals surface area (Å²) in [5.41, 5.74) is 0.729. The quantitative estimate of drug-likeness (QED) is 0.812. The Hall–Kier alpha value is -1.20. The number of hydrogen-bond donors (Lipinski definition) is 0. The summed E-state index contributed by atoms with van der Waals surface area (Å²) >= 11 is 5.80. The number of aryl methyl sites for hydroxylation is 1. The Morgan fingerprint density at radius 1 is 1.30 bits per heavy atom. The first kappa shape index (κ1) is 13.8. The van der Waals surface area contributed by atoms with Crippen molar-refractivity contribution in [3.63, 3.8) is 0 Å². The Labute approximate surface area is 120 Å². The zero-order chi connectivity index (χ0) is 14.1. The highest BCUT2D eigenvalue weighted by Gasteiger charge is 2.23. The number of hydrogen-bond acceptors (Lipinski definition) is 2. The average molecular weight is 301 g/mol. The van der Waals surface area contributed by atoms with Crippen molar-refractivity contribution in [1.82, 2.24) is 9.55 Å². The van der Waals surface area contributed by atoms with Gasteiger partial charge in [-0.05, 0) is 18.9 Å². The molecule has 6 heteroatoms. The molecule has 2 aromatic rings. The molecule has 20 heavy (non-hydrogen) atoms. The van der Waals surface area contributed by atoms with Gasteiger partial charge in [-0.25, -0.2) is 13.8 Å². The predicted octanol–water partition coefficient (Wildman–Crippen LogP) is 3.45. The van der Waals surface area contributed by atoms with Crippen molar-refractivity contribution in [3.05, 3.63) is 29.6 Å². The average Bonchev–Trinajstić information content (AvgIpc) is 2.79. The van der Waals surface area contributed by atoms with Gasteiger partial charge in [0.15, 0.2) is 5.82 Å². The zero-order valence-corrected chi connectivity index (χ0v) is 11.7. The number of fused-ring (bicyclic) bond motifs is 1. The predicted molar refractivity (Wildman–Crippen MR) is 73.2 cm³/mol. The maximum absolute atomic E-state index is 13.9. The van der Waals surface area contributed by atoms with Crippen molar-refractivity contribution in [2.45, 2.75) is 25.3 Å². The van der Waals surface area contributed by atoms with Crippen LogP contribution in [0.4, 0.5) is 8.78 Å². The SMILES string of the molecule is Fc1cc(F)c2nc(CCCl)n(C3CCOCC3)c2c1. The van der Waals surface area contributed by atoms with Crippen LogP contribution in [-0.2, 0) is 11.2 Å². The van der Waals surface area contributed by atoms with Crippen LogP contribution in [0.2, 0.25) is 0 Å². The number of halogens is 3. The van der Waals surface area contributed by atoms with E-state index in [0.717, 1.165) is 18.9 Å².